The average Bonchev–Trinajstić information content (AvgIpc) is 3.57. The standard InChI is InChI=1S/C22H18N4O2S3/c1-14-5-2-6-15(11-14)21-23-24-22(28-21)31-13-20(27)26-17(19-8-4-10-30-19)12-16(25-26)18-7-3-9-29-18/h2-11,17H,12-13H2,1H3. The Labute approximate surface area is 191 Å². The third-order valence-corrected chi connectivity index (χ3v) is 7.53. The van der Waals surface area contributed by atoms with Gasteiger partial charge in [-0.15, -0.1) is 32.9 Å². The lowest BCUT2D eigenvalue weighted by atomic mass is 10.1. The van der Waals surface area contributed by atoms with Crippen LogP contribution < -0.4 is 0 Å². The number of aromatic nitrogens is 2. The van der Waals surface area contributed by atoms with Gasteiger partial charge in [0.1, 0.15) is 0 Å². The second-order valence-corrected chi connectivity index (χ2v) is 9.88. The molecule has 0 spiro atoms. The Morgan fingerprint density at radius 2 is 2.03 bits per heavy atom. The molecule has 0 bridgehead atoms. The van der Waals surface area contributed by atoms with Gasteiger partial charge in [-0.3, -0.25) is 4.79 Å². The summed E-state index contributed by atoms with van der Waals surface area (Å²) in [5.41, 5.74) is 2.94. The number of hydrogen-bond acceptors (Lipinski definition) is 8. The molecule has 156 valence electrons. The summed E-state index contributed by atoms with van der Waals surface area (Å²) in [6.07, 6.45) is 0.718. The summed E-state index contributed by atoms with van der Waals surface area (Å²) in [7, 11) is 0. The first kappa shape index (κ1) is 20.2. The fourth-order valence-electron chi connectivity index (χ4n) is 3.39. The van der Waals surface area contributed by atoms with Crippen molar-refractivity contribution in [3.63, 3.8) is 0 Å². The Morgan fingerprint density at radius 3 is 2.81 bits per heavy atom. The number of thioether (sulfide) groups is 1. The molecule has 31 heavy (non-hydrogen) atoms. The van der Waals surface area contributed by atoms with Gasteiger partial charge in [0.15, 0.2) is 0 Å². The van der Waals surface area contributed by atoms with Gasteiger partial charge < -0.3 is 4.42 Å². The zero-order chi connectivity index (χ0) is 21.2. The second-order valence-electron chi connectivity index (χ2n) is 7.03. The molecule has 1 unspecified atom stereocenters. The molecule has 5 rings (SSSR count). The van der Waals surface area contributed by atoms with Gasteiger partial charge in [-0.2, -0.15) is 5.10 Å². The highest BCUT2D eigenvalue weighted by molar-refractivity contribution is 7.99. The number of carbonyl (C=O) groups excluding carboxylic acids is 1. The van der Waals surface area contributed by atoms with Crippen LogP contribution in [0.4, 0.5) is 0 Å². The number of aryl methyl sites for hydroxylation is 1. The average molecular weight is 467 g/mol. The highest BCUT2D eigenvalue weighted by Gasteiger charge is 2.34. The minimum atomic E-state index is -0.0785. The SMILES string of the molecule is Cc1cccc(-c2nnc(SCC(=O)N3N=C(c4cccs4)CC3c3cccs3)o2)c1. The normalized spacial score (nSPS) is 16.0. The largest absolute Gasteiger partial charge is 0.411 e. The molecule has 1 aliphatic rings. The maximum atomic E-state index is 13.1. The van der Waals surface area contributed by atoms with E-state index in [0.29, 0.717) is 11.1 Å². The summed E-state index contributed by atoms with van der Waals surface area (Å²) in [6, 6.07) is 15.9. The van der Waals surface area contributed by atoms with Crippen molar-refractivity contribution in [2.75, 3.05) is 5.75 Å². The molecule has 4 heterocycles. The summed E-state index contributed by atoms with van der Waals surface area (Å²) in [4.78, 5) is 15.3. The van der Waals surface area contributed by atoms with Gasteiger partial charge in [0.2, 0.25) is 5.89 Å². The van der Waals surface area contributed by atoms with E-state index in [9.17, 15) is 4.79 Å². The monoisotopic (exact) mass is 466 g/mol. The van der Waals surface area contributed by atoms with Crippen LogP contribution in [0, 0.1) is 6.92 Å². The van der Waals surface area contributed by atoms with Gasteiger partial charge >= 0.3 is 0 Å². The second kappa shape index (κ2) is 8.78. The molecular weight excluding hydrogens is 448 g/mol. The first-order valence-electron chi connectivity index (χ1n) is 9.67. The summed E-state index contributed by atoms with van der Waals surface area (Å²) in [5, 5.41) is 18.9. The molecule has 6 nitrogen and oxygen atoms in total. The summed E-state index contributed by atoms with van der Waals surface area (Å²) >= 11 is 4.53. The predicted molar refractivity (Wildman–Crippen MR) is 125 cm³/mol. The highest BCUT2D eigenvalue weighted by Crippen LogP contribution is 2.36. The first-order chi connectivity index (χ1) is 15.2. The third kappa shape index (κ3) is 4.34. The fourth-order valence-corrected chi connectivity index (χ4v) is 5.54. The smallest absolute Gasteiger partial charge is 0.277 e. The summed E-state index contributed by atoms with van der Waals surface area (Å²) in [5.74, 6) is 0.554. The zero-order valence-corrected chi connectivity index (χ0v) is 19.0. The molecule has 0 saturated carbocycles. The fraction of sp³-hybridized carbons (Fsp3) is 0.182. The summed E-state index contributed by atoms with van der Waals surface area (Å²) in [6.45, 7) is 2.01. The number of rotatable bonds is 6. The van der Waals surface area contributed by atoms with Gasteiger partial charge in [0, 0.05) is 16.9 Å². The van der Waals surface area contributed by atoms with Crippen LogP contribution in [0.15, 0.2) is 74.0 Å². The Kier molecular flexibility index (Phi) is 5.71. The van der Waals surface area contributed by atoms with Crippen molar-refractivity contribution in [1.82, 2.24) is 15.2 Å². The van der Waals surface area contributed by atoms with E-state index in [4.69, 9.17) is 4.42 Å². The number of thiophene rings is 2. The van der Waals surface area contributed by atoms with Crippen LogP contribution in [0.3, 0.4) is 0 Å². The van der Waals surface area contributed by atoms with Crippen molar-refractivity contribution in [3.05, 3.63) is 74.6 Å². The zero-order valence-electron chi connectivity index (χ0n) is 16.6. The van der Waals surface area contributed by atoms with E-state index in [0.717, 1.165) is 33.0 Å². The van der Waals surface area contributed by atoms with E-state index < -0.39 is 0 Å². The molecule has 1 aromatic carbocycles. The van der Waals surface area contributed by atoms with Crippen molar-refractivity contribution >= 4 is 46.1 Å². The molecule has 1 amide bonds. The van der Waals surface area contributed by atoms with Crippen LogP contribution in [0.5, 0.6) is 0 Å². The van der Waals surface area contributed by atoms with Crippen molar-refractivity contribution in [1.29, 1.82) is 0 Å². The van der Waals surface area contributed by atoms with Crippen molar-refractivity contribution in [3.8, 4) is 11.5 Å². The minimum Gasteiger partial charge on any atom is -0.411 e. The Hall–Kier alpha value is -2.75. The van der Waals surface area contributed by atoms with E-state index in [1.165, 1.54) is 11.8 Å². The quantitative estimate of drug-likeness (QED) is 0.344. The molecule has 1 aliphatic heterocycles. The molecule has 3 aromatic heterocycles. The molecular formula is C22H18N4O2S3. The lowest BCUT2D eigenvalue weighted by Crippen LogP contribution is -2.28. The van der Waals surface area contributed by atoms with E-state index >= 15 is 0 Å². The van der Waals surface area contributed by atoms with Gasteiger partial charge in [-0.1, -0.05) is 41.6 Å². The molecule has 0 aliphatic carbocycles. The van der Waals surface area contributed by atoms with Gasteiger partial charge in [-0.25, -0.2) is 5.01 Å². The molecule has 4 aromatic rings. The lowest BCUT2D eigenvalue weighted by Gasteiger charge is -2.20. The number of hydrogen-bond donors (Lipinski definition) is 0. The van der Waals surface area contributed by atoms with Crippen LogP contribution in [-0.2, 0) is 4.79 Å². The number of carbonyl (C=O) groups is 1. The van der Waals surface area contributed by atoms with E-state index in [1.807, 2.05) is 60.1 Å². The molecule has 0 saturated heterocycles. The van der Waals surface area contributed by atoms with E-state index in [-0.39, 0.29) is 17.7 Å². The van der Waals surface area contributed by atoms with Gasteiger partial charge in [-0.05, 0) is 41.9 Å². The topological polar surface area (TPSA) is 71.6 Å². The molecule has 0 radical (unpaired) electrons. The lowest BCUT2D eigenvalue weighted by molar-refractivity contribution is -0.130. The Balaban J connectivity index is 1.30. The van der Waals surface area contributed by atoms with Crippen LogP contribution in [0.25, 0.3) is 11.5 Å². The molecule has 0 N–H and O–H groups in total. The van der Waals surface area contributed by atoms with Gasteiger partial charge in [0.05, 0.1) is 22.4 Å². The maximum absolute atomic E-state index is 13.1. The van der Waals surface area contributed by atoms with E-state index in [2.05, 4.69) is 21.4 Å². The van der Waals surface area contributed by atoms with Crippen LogP contribution >= 0.6 is 34.4 Å². The molecule has 0 fully saturated rings. The van der Waals surface area contributed by atoms with Crippen LogP contribution in [0.1, 0.15) is 27.8 Å². The first-order valence-corrected chi connectivity index (χ1v) is 12.4. The van der Waals surface area contributed by atoms with Crippen LogP contribution in [0.2, 0.25) is 0 Å². The number of benzene rings is 1. The maximum Gasteiger partial charge on any atom is 0.277 e. The third-order valence-electron chi connectivity index (χ3n) is 4.83. The van der Waals surface area contributed by atoms with Crippen LogP contribution in [-0.4, -0.2) is 32.6 Å². The van der Waals surface area contributed by atoms with Gasteiger partial charge in [0.25, 0.3) is 11.1 Å². The minimum absolute atomic E-state index is 0.0734. The molecule has 9 heteroatoms. The number of nitrogens with zero attached hydrogens (tertiary/aromatic N) is 4. The van der Waals surface area contributed by atoms with Crippen molar-refractivity contribution < 1.29 is 9.21 Å². The van der Waals surface area contributed by atoms with Crippen molar-refractivity contribution in [2.24, 2.45) is 5.10 Å². The Morgan fingerprint density at radius 1 is 1.16 bits per heavy atom. The number of amides is 1. The Bertz CT molecular complexity index is 1220. The highest BCUT2D eigenvalue weighted by atomic mass is 32.2. The predicted octanol–water partition coefficient (Wildman–Crippen LogP) is 5.64. The summed E-state index contributed by atoms with van der Waals surface area (Å²) < 4.78 is 5.75. The number of hydrazone groups is 1. The molecule has 1 atom stereocenters. The van der Waals surface area contributed by atoms with Crippen molar-refractivity contribution in [2.45, 2.75) is 24.6 Å². The van der Waals surface area contributed by atoms with E-state index in [1.54, 1.807) is 27.7 Å².